The lowest BCUT2D eigenvalue weighted by molar-refractivity contribution is 0.269. The molecular formula is C24H14Br2N4OS2. The molecule has 2 aromatic heterocycles. The number of carbonyl (C=O) groups excluding carboxylic acids is 1. The summed E-state index contributed by atoms with van der Waals surface area (Å²) < 4.78 is 3.67. The number of fused-ring (bicyclic) bond motifs is 1. The molecule has 0 atom stereocenters. The van der Waals surface area contributed by atoms with Gasteiger partial charge < -0.3 is 0 Å². The molecule has 33 heavy (non-hydrogen) atoms. The van der Waals surface area contributed by atoms with Gasteiger partial charge in [0.1, 0.15) is 0 Å². The summed E-state index contributed by atoms with van der Waals surface area (Å²) in [5.74, 6) is 0.243. The van der Waals surface area contributed by atoms with E-state index in [1.54, 1.807) is 0 Å². The Balaban J connectivity index is 1.46. The molecule has 0 saturated carbocycles. The maximum atomic E-state index is 12.8. The number of thiazole rings is 1. The molecule has 0 fully saturated rings. The van der Waals surface area contributed by atoms with E-state index in [2.05, 4.69) is 52.1 Å². The summed E-state index contributed by atoms with van der Waals surface area (Å²) >= 11 is 9.45. The number of halogens is 2. The van der Waals surface area contributed by atoms with Gasteiger partial charge in [-0.3, -0.25) is 10.1 Å². The van der Waals surface area contributed by atoms with Crippen molar-refractivity contribution in [2.45, 2.75) is 4.34 Å². The lowest BCUT2D eigenvalue weighted by Crippen LogP contribution is -2.09. The third-order valence-electron chi connectivity index (χ3n) is 4.67. The first-order valence-electron chi connectivity index (χ1n) is 9.79. The van der Waals surface area contributed by atoms with Gasteiger partial charge in [-0.2, -0.15) is 0 Å². The van der Waals surface area contributed by atoms with Crippen LogP contribution in [0.15, 0.2) is 92.1 Å². The normalized spacial score (nSPS) is 11.0. The largest absolute Gasteiger partial charge is 0.292 e. The van der Waals surface area contributed by atoms with Gasteiger partial charge in [0.2, 0.25) is 5.95 Å². The second-order valence-electron chi connectivity index (χ2n) is 6.94. The van der Waals surface area contributed by atoms with E-state index in [4.69, 9.17) is 0 Å². The lowest BCUT2D eigenvalue weighted by Gasteiger charge is -2.09. The van der Waals surface area contributed by atoms with Crippen LogP contribution in [-0.4, -0.2) is 20.2 Å². The number of hydrogen-bond donors (Lipinski definition) is 1. The minimum absolute atomic E-state index is 0.243. The number of thioether (sulfide) groups is 1. The number of para-hydroxylation sites is 1. The molecule has 0 saturated heterocycles. The molecule has 0 unspecified atom stereocenters. The molecule has 5 aromatic rings. The SMILES string of the molecule is O=C(Nc1nc(-c2ccc(Br)cc2)cc(-c2ccc(Br)cc2)n1)Sc1nc2ccccc2s1. The molecule has 0 spiro atoms. The fourth-order valence-corrected chi connectivity index (χ4v) is 5.46. The van der Waals surface area contributed by atoms with E-state index in [1.807, 2.05) is 78.9 Å². The number of nitrogens with zero attached hydrogens (tertiary/aromatic N) is 3. The Hall–Kier alpha value is -2.59. The fourth-order valence-electron chi connectivity index (χ4n) is 3.13. The summed E-state index contributed by atoms with van der Waals surface area (Å²) in [5, 5.41) is 2.54. The molecule has 1 amide bonds. The van der Waals surface area contributed by atoms with Crippen molar-refractivity contribution in [3.8, 4) is 22.5 Å². The van der Waals surface area contributed by atoms with Crippen LogP contribution in [0.2, 0.25) is 0 Å². The zero-order chi connectivity index (χ0) is 22.8. The molecular weight excluding hydrogens is 584 g/mol. The summed E-state index contributed by atoms with van der Waals surface area (Å²) in [6, 6.07) is 25.4. The van der Waals surface area contributed by atoms with E-state index in [1.165, 1.54) is 11.3 Å². The van der Waals surface area contributed by atoms with E-state index in [9.17, 15) is 4.79 Å². The number of rotatable bonds is 4. The van der Waals surface area contributed by atoms with Crippen molar-refractivity contribution < 1.29 is 4.79 Å². The highest BCUT2D eigenvalue weighted by Crippen LogP contribution is 2.31. The number of carbonyl (C=O) groups is 1. The molecule has 0 aliphatic rings. The molecule has 0 radical (unpaired) electrons. The molecule has 0 aliphatic heterocycles. The standard InChI is InChI=1S/C24H14Br2N4OS2/c25-16-9-5-14(6-10-16)19-13-20(15-7-11-17(26)12-8-15)28-22(27-19)30-23(31)33-24-29-18-3-1-2-4-21(18)32-24/h1-13H,(H,27,28,30,31). The predicted octanol–water partition coefficient (Wildman–Crippen LogP) is 8.27. The van der Waals surface area contributed by atoms with Gasteiger partial charge in [-0.05, 0) is 42.5 Å². The van der Waals surface area contributed by atoms with Crippen LogP contribution in [0.25, 0.3) is 32.7 Å². The van der Waals surface area contributed by atoms with Crippen LogP contribution in [-0.2, 0) is 0 Å². The van der Waals surface area contributed by atoms with Gasteiger partial charge in [-0.1, -0.05) is 68.3 Å². The number of hydrogen-bond acceptors (Lipinski definition) is 6. The quantitative estimate of drug-likeness (QED) is 0.211. The molecule has 2 heterocycles. The van der Waals surface area contributed by atoms with Crippen LogP contribution < -0.4 is 5.32 Å². The smallest absolute Gasteiger partial charge is 0.285 e. The molecule has 5 rings (SSSR count). The minimum Gasteiger partial charge on any atom is -0.285 e. The van der Waals surface area contributed by atoms with Gasteiger partial charge >= 0.3 is 0 Å². The van der Waals surface area contributed by atoms with Gasteiger partial charge in [0.15, 0.2) is 4.34 Å². The predicted molar refractivity (Wildman–Crippen MR) is 143 cm³/mol. The Morgan fingerprint density at radius 2 is 1.36 bits per heavy atom. The van der Waals surface area contributed by atoms with E-state index < -0.39 is 0 Å². The van der Waals surface area contributed by atoms with Gasteiger partial charge in [0, 0.05) is 31.8 Å². The van der Waals surface area contributed by atoms with Gasteiger partial charge in [0.05, 0.1) is 21.6 Å². The first kappa shape index (κ1) is 22.2. The maximum absolute atomic E-state index is 12.8. The van der Waals surface area contributed by atoms with E-state index in [0.29, 0.717) is 4.34 Å². The van der Waals surface area contributed by atoms with Crippen molar-refractivity contribution >= 4 is 76.4 Å². The van der Waals surface area contributed by atoms with Gasteiger partial charge in [-0.15, -0.1) is 11.3 Å². The number of anilines is 1. The van der Waals surface area contributed by atoms with E-state index in [0.717, 1.165) is 53.4 Å². The van der Waals surface area contributed by atoms with Crippen molar-refractivity contribution in [2.24, 2.45) is 0 Å². The highest BCUT2D eigenvalue weighted by Gasteiger charge is 2.14. The fraction of sp³-hybridized carbons (Fsp3) is 0. The van der Waals surface area contributed by atoms with Crippen molar-refractivity contribution in [1.29, 1.82) is 0 Å². The highest BCUT2D eigenvalue weighted by molar-refractivity contribution is 9.10. The molecule has 0 bridgehead atoms. The highest BCUT2D eigenvalue weighted by atomic mass is 79.9. The molecule has 0 aliphatic carbocycles. The van der Waals surface area contributed by atoms with Crippen molar-refractivity contribution in [1.82, 2.24) is 15.0 Å². The monoisotopic (exact) mass is 596 g/mol. The Kier molecular flexibility index (Phi) is 6.55. The third-order valence-corrected chi connectivity index (χ3v) is 7.62. The lowest BCUT2D eigenvalue weighted by atomic mass is 10.1. The van der Waals surface area contributed by atoms with E-state index >= 15 is 0 Å². The summed E-state index contributed by atoms with van der Waals surface area (Å²) in [4.78, 5) is 26.5. The third kappa shape index (κ3) is 5.33. The second kappa shape index (κ2) is 9.72. The zero-order valence-electron chi connectivity index (χ0n) is 16.8. The van der Waals surface area contributed by atoms with Crippen molar-refractivity contribution in [2.75, 3.05) is 5.32 Å². The van der Waals surface area contributed by atoms with Crippen LogP contribution in [0, 0.1) is 0 Å². The zero-order valence-corrected chi connectivity index (χ0v) is 21.6. The van der Waals surface area contributed by atoms with E-state index in [-0.39, 0.29) is 11.2 Å². The van der Waals surface area contributed by atoms with Gasteiger partial charge in [-0.25, -0.2) is 15.0 Å². The number of benzene rings is 3. The minimum atomic E-state index is -0.288. The van der Waals surface area contributed by atoms with Crippen LogP contribution in [0.5, 0.6) is 0 Å². The summed E-state index contributed by atoms with van der Waals surface area (Å²) in [5.41, 5.74) is 4.16. The summed E-state index contributed by atoms with van der Waals surface area (Å²) in [6.45, 7) is 0. The van der Waals surface area contributed by atoms with Crippen LogP contribution >= 0.6 is 55.0 Å². The average Bonchev–Trinajstić information content (AvgIpc) is 3.22. The second-order valence-corrected chi connectivity index (χ2v) is 11.0. The first-order valence-corrected chi connectivity index (χ1v) is 13.0. The Labute approximate surface area is 215 Å². The molecule has 162 valence electrons. The average molecular weight is 598 g/mol. The van der Waals surface area contributed by atoms with Crippen LogP contribution in [0.4, 0.5) is 10.7 Å². The topological polar surface area (TPSA) is 67.8 Å². The molecule has 1 N–H and O–H groups in total. The van der Waals surface area contributed by atoms with Crippen LogP contribution in [0.1, 0.15) is 0 Å². The first-order chi connectivity index (χ1) is 16.0. The van der Waals surface area contributed by atoms with Crippen molar-refractivity contribution in [3.05, 3.63) is 87.8 Å². The Bertz CT molecular complexity index is 1360. The Morgan fingerprint density at radius 1 is 0.788 bits per heavy atom. The number of amides is 1. The van der Waals surface area contributed by atoms with Gasteiger partial charge in [0.25, 0.3) is 5.24 Å². The van der Waals surface area contributed by atoms with Crippen molar-refractivity contribution in [3.63, 3.8) is 0 Å². The summed E-state index contributed by atoms with van der Waals surface area (Å²) in [7, 11) is 0. The van der Waals surface area contributed by atoms with Crippen LogP contribution in [0.3, 0.4) is 0 Å². The number of nitrogens with one attached hydrogen (secondary N) is 1. The summed E-state index contributed by atoms with van der Waals surface area (Å²) in [6.07, 6.45) is 0. The molecule has 9 heteroatoms. The molecule has 5 nitrogen and oxygen atoms in total. The molecule has 3 aromatic carbocycles. The Morgan fingerprint density at radius 3 is 1.94 bits per heavy atom. The number of aromatic nitrogens is 3. The maximum Gasteiger partial charge on any atom is 0.292 e.